The van der Waals surface area contributed by atoms with Gasteiger partial charge in [-0.1, -0.05) is 6.07 Å². The van der Waals surface area contributed by atoms with Gasteiger partial charge < -0.3 is 9.88 Å². The van der Waals surface area contributed by atoms with E-state index in [9.17, 15) is 4.79 Å². The van der Waals surface area contributed by atoms with Crippen LogP contribution in [-0.2, 0) is 0 Å². The van der Waals surface area contributed by atoms with Crippen LogP contribution in [0.1, 0.15) is 5.56 Å². The first-order valence-corrected chi connectivity index (χ1v) is 6.18. The fourth-order valence-corrected chi connectivity index (χ4v) is 2.17. The topological polar surface area (TPSA) is 72.8 Å². The molecule has 0 fully saturated rings. The van der Waals surface area contributed by atoms with E-state index >= 15 is 0 Å². The van der Waals surface area contributed by atoms with Gasteiger partial charge in [-0.3, -0.25) is 4.79 Å². The number of nitrogens with one attached hydrogen (secondary N) is 1. The van der Waals surface area contributed by atoms with E-state index < -0.39 is 0 Å². The molecule has 1 N–H and O–H groups in total. The first-order valence-electron chi connectivity index (χ1n) is 5.10. The second-order valence-corrected chi connectivity index (χ2v) is 4.67. The van der Waals surface area contributed by atoms with Crippen molar-refractivity contribution in [3.63, 3.8) is 0 Å². The van der Waals surface area contributed by atoms with Crippen LogP contribution in [0.3, 0.4) is 0 Å². The van der Waals surface area contributed by atoms with Crippen LogP contribution in [-0.4, -0.2) is 17.0 Å². The summed E-state index contributed by atoms with van der Waals surface area (Å²) < 4.78 is 0.514. The van der Waals surface area contributed by atoms with Crippen LogP contribution < -0.4 is 10.5 Å². The van der Waals surface area contributed by atoms with Gasteiger partial charge in [-0.2, -0.15) is 5.26 Å². The zero-order valence-electron chi connectivity index (χ0n) is 9.51. The zero-order valence-corrected chi connectivity index (χ0v) is 11.7. The van der Waals surface area contributed by atoms with Crippen molar-refractivity contribution in [1.29, 1.82) is 5.26 Å². The second kappa shape index (κ2) is 5.18. The smallest absolute Gasteiger partial charge is 0.266 e. The average Bonchev–Trinajstić information content (AvgIpc) is 2.41. The number of rotatable bonds is 2. The molecule has 2 aromatic rings. The van der Waals surface area contributed by atoms with Gasteiger partial charge in [0.15, 0.2) is 5.82 Å². The fourth-order valence-electron chi connectivity index (χ4n) is 1.51. The molecule has 0 saturated carbocycles. The van der Waals surface area contributed by atoms with Crippen molar-refractivity contribution >= 4 is 34.1 Å². The summed E-state index contributed by atoms with van der Waals surface area (Å²) in [6.45, 7) is 0. The predicted octanol–water partition coefficient (Wildman–Crippen LogP) is 2.01. The monoisotopic (exact) mass is 352 g/mol. The molecule has 0 unspecified atom stereocenters. The van der Waals surface area contributed by atoms with E-state index in [0.29, 0.717) is 15.0 Å². The summed E-state index contributed by atoms with van der Waals surface area (Å²) in [6, 6.07) is 9.22. The van der Waals surface area contributed by atoms with Gasteiger partial charge in [0.2, 0.25) is 0 Å². The molecule has 2 rings (SSSR count). The van der Waals surface area contributed by atoms with Crippen molar-refractivity contribution < 1.29 is 0 Å². The highest BCUT2D eigenvalue weighted by molar-refractivity contribution is 14.1. The van der Waals surface area contributed by atoms with E-state index in [1.54, 1.807) is 30.1 Å². The van der Waals surface area contributed by atoms with Crippen molar-refractivity contribution in [2.45, 2.75) is 0 Å². The maximum atomic E-state index is 11.5. The van der Waals surface area contributed by atoms with Crippen LogP contribution in [0.25, 0.3) is 0 Å². The van der Waals surface area contributed by atoms with Crippen LogP contribution in [0.4, 0.5) is 11.5 Å². The lowest BCUT2D eigenvalue weighted by Crippen LogP contribution is -2.19. The van der Waals surface area contributed by atoms with E-state index in [2.05, 4.69) is 16.0 Å². The summed E-state index contributed by atoms with van der Waals surface area (Å²) in [4.78, 5) is 20.0. The molecule has 0 aliphatic rings. The van der Waals surface area contributed by atoms with E-state index in [-0.39, 0.29) is 5.56 Å². The van der Waals surface area contributed by atoms with Gasteiger partial charge in [0.1, 0.15) is 3.57 Å². The maximum absolute atomic E-state index is 11.5. The van der Waals surface area contributed by atoms with Crippen molar-refractivity contribution in [1.82, 2.24) is 9.97 Å². The molecule has 0 amide bonds. The Balaban J connectivity index is 2.48. The Labute approximate surface area is 117 Å². The van der Waals surface area contributed by atoms with Crippen LogP contribution in [0.15, 0.2) is 35.4 Å². The number of nitrogens with zero attached hydrogens (tertiary/aromatic N) is 3. The Bertz CT molecular complexity index is 674. The van der Waals surface area contributed by atoms with Crippen LogP contribution >= 0.6 is 22.6 Å². The van der Waals surface area contributed by atoms with Crippen molar-refractivity contribution in [2.24, 2.45) is 0 Å². The highest BCUT2D eigenvalue weighted by atomic mass is 127. The van der Waals surface area contributed by atoms with Gasteiger partial charge in [-0.25, -0.2) is 4.98 Å². The zero-order chi connectivity index (χ0) is 13.1. The number of hydrogen-bond donors (Lipinski definition) is 1. The number of anilines is 2. The number of hydrogen-bond acceptors (Lipinski definition) is 4. The lowest BCUT2D eigenvalue weighted by Gasteiger charge is -2.19. The Morgan fingerprint density at radius 3 is 3.00 bits per heavy atom. The van der Waals surface area contributed by atoms with Crippen molar-refractivity contribution in [3.05, 3.63) is 50.1 Å². The van der Waals surface area contributed by atoms with Crippen molar-refractivity contribution in [2.75, 3.05) is 11.9 Å². The number of halogens is 1. The number of nitriles is 1. The molecule has 0 saturated heterocycles. The molecule has 5 nitrogen and oxygen atoms in total. The van der Waals surface area contributed by atoms with E-state index in [1.807, 2.05) is 28.7 Å². The molecule has 0 radical (unpaired) electrons. The van der Waals surface area contributed by atoms with Gasteiger partial charge in [-0.05, 0) is 40.8 Å². The molecule has 6 heteroatoms. The summed E-state index contributed by atoms with van der Waals surface area (Å²) in [6.07, 6.45) is 1.37. The molecule has 0 spiro atoms. The number of aromatic nitrogens is 2. The molecule has 0 atom stereocenters. The Kier molecular flexibility index (Phi) is 3.62. The Morgan fingerprint density at radius 2 is 2.28 bits per heavy atom. The minimum atomic E-state index is -0.177. The first kappa shape index (κ1) is 12.6. The minimum absolute atomic E-state index is 0.177. The third-order valence-electron chi connectivity index (χ3n) is 2.46. The minimum Gasteiger partial charge on any atom is -0.328 e. The van der Waals surface area contributed by atoms with E-state index in [1.165, 1.54) is 6.33 Å². The summed E-state index contributed by atoms with van der Waals surface area (Å²) in [7, 11) is 1.81. The molecule has 0 aliphatic carbocycles. The molecule has 90 valence electrons. The highest BCUT2D eigenvalue weighted by Crippen LogP contribution is 2.24. The Morgan fingerprint density at radius 1 is 1.50 bits per heavy atom. The van der Waals surface area contributed by atoms with Crippen LogP contribution in [0.5, 0.6) is 0 Å². The van der Waals surface area contributed by atoms with Gasteiger partial charge >= 0.3 is 0 Å². The third kappa shape index (κ3) is 2.36. The third-order valence-corrected chi connectivity index (χ3v) is 3.43. The lowest BCUT2D eigenvalue weighted by molar-refractivity contribution is 1.04. The fraction of sp³-hybridized carbons (Fsp3) is 0.0833. The van der Waals surface area contributed by atoms with E-state index in [0.717, 1.165) is 5.69 Å². The average molecular weight is 352 g/mol. The summed E-state index contributed by atoms with van der Waals surface area (Å²) in [5, 5.41) is 8.87. The normalized spacial score (nSPS) is 9.83. The molecule has 0 bridgehead atoms. The standard InChI is InChI=1S/C12H9IN4O/c1-17(9-4-2-3-8(5-9)6-14)11-10(13)12(18)16-7-15-11/h2-5,7H,1H3,(H,15,16,18). The SMILES string of the molecule is CN(c1cccc(C#N)c1)c1nc[nH]c(=O)c1I. The van der Waals surface area contributed by atoms with E-state index in [4.69, 9.17) is 5.26 Å². The molecular formula is C12H9IN4O. The Hall–Kier alpha value is -1.88. The highest BCUT2D eigenvalue weighted by Gasteiger charge is 2.12. The largest absolute Gasteiger partial charge is 0.328 e. The molecule has 1 aromatic carbocycles. The van der Waals surface area contributed by atoms with Crippen molar-refractivity contribution in [3.8, 4) is 6.07 Å². The molecular weight excluding hydrogens is 343 g/mol. The van der Waals surface area contributed by atoms with Crippen LogP contribution in [0, 0.1) is 14.9 Å². The summed E-state index contributed by atoms with van der Waals surface area (Å²) >= 11 is 1.95. The molecule has 1 aromatic heterocycles. The van der Waals surface area contributed by atoms with Gasteiger partial charge in [-0.15, -0.1) is 0 Å². The number of H-pyrrole nitrogens is 1. The number of aromatic amines is 1. The molecule has 0 aliphatic heterocycles. The van der Waals surface area contributed by atoms with Gasteiger partial charge in [0, 0.05) is 12.7 Å². The summed E-state index contributed by atoms with van der Waals surface area (Å²) in [5.74, 6) is 0.564. The predicted molar refractivity (Wildman–Crippen MR) is 76.8 cm³/mol. The maximum Gasteiger partial charge on any atom is 0.266 e. The number of benzene rings is 1. The molecule has 18 heavy (non-hydrogen) atoms. The van der Waals surface area contributed by atoms with Crippen LogP contribution in [0.2, 0.25) is 0 Å². The first-order chi connectivity index (χ1) is 8.63. The van der Waals surface area contributed by atoms with Gasteiger partial charge in [0.05, 0.1) is 18.0 Å². The van der Waals surface area contributed by atoms with Gasteiger partial charge in [0.25, 0.3) is 5.56 Å². The summed E-state index contributed by atoms with van der Waals surface area (Å²) in [5.41, 5.74) is 1.20. The lowest BCUT2D eigenvalue weighted by atomic mass is 10.2. The quantitative estimate of drug-likeness (QED) is 0.840. The second-order valence-electron chi connectivity index (χ2n) is 3.59. The molecule has 1 heterocycles.